The molecular formula is C9H15N5O. The number of aliphatic hydroxyl groups is 1. The van der Waals surface area contributed by atoms with E-state index < -0.39 is 0 Å². The van der Waals surface area contributed by atoms with Gasteiger partial charge in [-0.25, -0.2) is 0 Å². The molecule has 1 heterocycles. The summed E-state index contributed by atoms with van der Waals surface area (Å²) in [6.07, 6.45) is 2.26. The molecule has 1 saturated carbocycles. The second-order valence-corrected chi connectivity index (χ2v) is 3.66. The molecule has 1 fully saturated rings. The lowest BCUT2D eigenvalue weighted by molar-refractivity contribution is 0.301. The van der Waals surface area contributed by atoms with E-state index in [1.165, 1.54) is 0 Å². The molecule has 1 aliphatic carbocycles. The van der Waals surface area contributed by atoms with Crippen LogP contribution in [0.2, 0.25) is 0 Å². The molecule has 0 saturated heterocycles. The highest BCUT2D eigenvalue weighted by Crippen LogP contribution is 2.30. The average molecular weight is 209 g/mol. The number of anilines is 3. The van der Waals surface area contributed by atoms with Crippen LogP contribution in [0.5, 0.6) is 0 Å². The predicted octanol–water partition coefficient (Wildman–Crippen LogP) is -0.398. The molecule has 0 unspecified atom stereocenters. The number of aliphatic hydroxyl groups excluding tert-OH is 1. The molecule has 0 spiro atoms. The number of hydrogen-bond donors (Lipinski definition) is 3. The Balaban J connectivity index is 2.24. The number of rotatable bonds is 4. The predicted molar refractivity (Wildman–Crippen MR) is 58.3 cm³/mol. The van der Waals surface area contributed by atoms with Gasteiger partial charge in [-0.1, -0.05) is 0 Å². The Hall–Kier alpha value is -1.56. The van der Waals surface area contributed by atoms with Crippen molar-refractivity contribution < 1.29 is 5.11 Å². The van der Waals surface area contributed by atoms with Gasteiger partial charge in [0.25, 0.3) is 0 Å². The summed E-state index contributed by atoms with van der Waals surface area (Å²) in [6.45, 7) is 0.654. The third-order valence-electron chi connectivity index (χ3n) is 2.37. The van der Waals surface area contributed by atoms with Crippen LogP contribution >= 0.6 is 0 Å². The number of hydrogen-bond acceptors (Lipinski definition) is 6. The van der Waals surface area contributed by atoms with Crippen molar-refractivity contribution in [1.82, 2.24) is 9.97 Å². The largest absolute Gasteiger partial charge is 0.395 e. The van der Waals surface area contributed by atoms with Crippen molar-refractivity contribution in [2.24, 2.45) is 0 Å². The second-order valence-electron chi connectivity index (χ2n) is 3.66. The molecule has 0 bridgehead atoms. The summed E-state index contributed by atoms with van der Waals surface area (Å²) in [5.41, 5.74) is 11.1. The monoisotopic (exact) mass is 209 g/mol. The Kier molecular flexibility index (Phi) is 2.59. The van der Waals surface area contributed by atoms with E-state index in [1.807, 2.05) is 4.90 Å². The smallest absolute Gasteiger partial charge is 0.223 e. The lowest BCUT2D eigenvalue weighted by atomic mass is 10.4. The van der Waals surface area contributed by atoms with Crippen LogP contribution in [-0.2, 0) is 0 Å². The van der Waals surface area contributed by atoms with E-state index in [4.69, 9.17) is 16.6 Å². The van der Waals surface area contributed by atoms with Crippen LogP contribution in [0.15, 0.2) is 6.07 Å². The van der Waals surface area contributed by atoms with Crippen molar-refractivity contribution in [2.45, 2.75) is 18.9 Å². The maximum absolute atomic E-state index is 8.97. The standard InChI is InChI=1S/C9H15N5O/c10-7-5-8(13-9(11)12-7)14(3-4-15)6-1-2-6/h5-6,15H,1-4H2,(H4,10,11,12,13). The maximum Gasteiger partial charge on any atom is 0.223 e. The van der Waals surface area contributed by atoms with Crippen LogP contribution in [-0.4, -0.2) is 34.3 Å². The molecule has 1 aliphatic rings. The minimum absolute atomic E-state index is 0.0975. The molecule has 0 amide bonds. The molecule has 6 heteroatoms. The van der Waals surface area contributed by atoms with Crippen LogP contribution in [0.4, 0.5) is 17.6 Å². The Labute approximate surface area is 87.9 Å². The molecule has 82 valence electrons. The third-order valence-corrected chi connectivity index (χ3v) is 2.37. The van der Waals surface area contributed by atoms with E-state index in [0.29, 0.717) is 24.2 Å². The lowest BCUT2D eigenvalue weighted by Crippen LogP contribution is -2.30. The van der Waals surface area contributed by atoms with E-state index in [9.17, 15) is 0 Å². The fourth-order valence-electron chi connectivity index (χ4n) is 1.60. The first-order chi connectivity index (χ1) is 7.20. The molecule has 1 aromatic heterocycles. The zero-order chi connectivity index (χ0) is 10.8. The zero-order valence-corrected chi connectivity index (χ0v) is 8.43. The highest BCUT2D eigenvalue weighted by molar-refractivity contribution is 5.51. The van der Waals surface area contributed by atoms with Crippen molar-refractivity contribution in [2.75, 3.05) is 29.5 Å². The van der Waals surface area contributed by atoms with Gasteiger partial charge in [-0.3, -0.25) is 0 Å². The molecule has 0 aromatic carbocycles. The molecule has 0 radical (unpaired) electrons. The lowest BCUT2D eigenvalue weighted by Gasteiger charge is -2.22. The van der Waals surface area contributed by atoms with Gasteiger partial charge in [0.05, 0.1) is 6.61 Å². The van der Waals surface area contributed by atoms with Crippen molar-refractivity contribution in [1.29, 1.82) is 0 Å². The molecule has 0 aliphatic heterocycles. The summed E-state index contributed by atoms with van der Waals surface area (Å²) in [6, 6.07) is 2.15. The second kappa shape index (κ2) is 3.90. The summed E-state index contributed by atoms with van der Waals surface area (Å²) in [4.78, 5) is 9.95. The van der Waals surface area contributed by atoms with Gasteiger partial charge in [0, 0.05) is 18.7 Å². The molecule has 1 aromatic rings. The molecule has 0 atom stereocenters. The summed E-state index contributed by atoms with van der Waals surface area (Å²) in [5.74, 6) is 1.24. The van der Waals surface area contributed by atoms with Crippen LogP contribution in [0.25, 0.3) is 0 Å². The third kappa shape index (κ3) is 2.27. The van der Waals surface area contributed by atoms with Gasteiger partial charge in [-0.2, -0.15) is 9.97 Å². The Morgan fingerprint density at radius 1 is 1.40 bits per heavy atom. The van der Waals surface area contributed by atoms with Gasteiger partial charge in [0.2, 0.25) is 5.95 Å². The molecule has 15 heavy (non-hydrogen) atoms. The topological polar surface area (TPSA) is 101 Å². The SMILES string of the molecule is Nc1cc(N(CCO)C2CC2)nc(N)n1. The van der Waals surface area contributed by atoms with E-state index in [1.54, 1.807) is 6.07 Å². The Morgan fingerprint density at radius 2 is 2.13 bits per heavy atom. The van der Waals surface area contributed by atoms with E-state index in [0.717, 1.165) is 12.8 Å². The minimum Gasteiger partial charge on any atom is -0.395 e. The van der Waals surface area contributed by atoms with Gasteiger partial charge in [-0.15, -0.1) is 0 Å². The first-order valence-electron chi connectivity index (χ1n) is 4.98. The Bertz CT molecular complexity index is 332. The molecule has 2 rings (SSSR count). The first kappa shape index (κ1) is 9.97. The molecule has 6 nitrogen and oxygen atoms in total. The van der Waals surface area contributed by atoms with Crippen LogP contribution in [0.1, 0.15) is 12.8 Å². The average Bonchev–Trinajstić information content (AvgIpc) is 2.95. The summed E-state index contributed by atoms with van der Waals surface area (Å²) >= 11 is 0. The quantitative estimate of drug-likeness (QED) is 0.624. The van der Waals surface area contributed by atoms with Gasteiger partial charge in [-0.05, 0) is 12.8 Å². The van der Waals surface area contributed by atoms with Gasteiger partial charge in [0.1, 0.15) is 11.6 Å². The number of nitrogens with two attached hydrogens (primary N) is 2. The van der Waals surface area contributed by atoms with Gasteiger partial charge < -0.3 is 21.5 Å². The molecule has 5 N–H and O–H groups in total. The van der Waals surface area contributed by atoms with Gasteiger partial charge >= 0.3 is 0 Å². The van der Waals surface area contributed by atoms with E-state index in [2.05, 4.69) is 9.97 Å². The van der Waals surface area contributed by atoms with Gasteiger partial charge in [0.15, 0.2) is 0 Å². The van der Waals surface area contributed by atoms with Crippen LogP contribution in [0.3, 0.4) is 0 Å². The number of aromatic nitrogens is 2. The highest BCUT2D eigenvalue weighted by Gasteiger charge is 2.29. The van der Waals surface area contributed by atoms with Crippen LogP contribution in [0, 0.1) is 0 Å². The fraction of sp³-hybridized carbons (Fsp3) is 0.556. The Morgan fingerprint density at radius 3 is 2.67 bits per heavy atom. The summed E-state index contributed by atoms with van der Waals surface area (Å²) < 4.78 is 0. The maximum atomic E-state index is 8.97. The normalized spacial score (nSPS) is 15.3. The minimum atomic E-state index is 0.0975. The van der Waals surface area contributed by atoms with Crippen molar-refractivity contribution in [3.63, 3.8) is 0 Å². The zero-order valence-electron chi connectivity index (χ0n) is 8.43. The number of nitrogens with zero attached hydrogens (tertiary/aromatic N) is 3. The van der Waals surface area contributed by atoms with Crippen LogP contribution < -0.4 is 16.4 Å². The first-order valence-corrected chi connectivity index (χ1v) is 4.98. The highest BCUT2D eigenvalue weighted by atomic mass is 16.3. The van der Waals surface area contributed by atoms with Crippen molar-refractivity contribution in [3.8, 4) is 0 Å². The van der Waals surface area contributed by atoms with E-state index in [-0.39, 0.29) is 12.6 Å². The number of nitrogen functional groups attached to an aromatic ring is 2. The summed E-state index contributed by atoms with van der Waals surface area (Å²) in [5, 5.41) is 8.97. The fourth-order valence-corrected chi connectivity index (χ4v) is 1.60. The van der Waals surface area contributed by atoms with Crippen molar-refractivity contribution in [3.05, 3.63) is 6.07 Å². The van der Waals surface area contributed by atoms with E-state index >= 15 is 0 Å². The molecular weight excluding hydrogens is 194 g/mol. The van der Waals surface area contributed by atoms with Crippen molar-refractivity contribution >= 4 is 17.6 Å². The summed E-state index contributed by atoms with van der Waals surface area (Å²) in [7, 11) is 0.